The van der Waals surface area contributed by atoms with E-state index in [2.05, 4.69) is 98.8 Å². The molecular weight excluding hydrogens is 619 g/mol. The summed E-state index contributed by atoms with van der Waals surface area (Å²) in [5.74, 6) is 1.95. The Labute approximate surface area is 251 Å². The quantitative estimate of drug-likeness (QED) is 0.0828. The van der Waals surface area contributed by atoms with Crippen LogP contribution in [0.1, 0.15) is 44.9 Å². The molecule has 5 rings (SSSR count). The van der Waals surface area contributed by atoms with Crippen LogP contribution in [0.15, 0.2) is 48.5 Å². The molecule has 2 atom stereocenters. The van der Waals surface area contributed by atoms with Crippen LogP contribution in [0.4, 0.5) is 0 Å². The summed E-state index contributed by atoms with van der Waals surface area (Å²) in [6.07, 6.45) is 0.547. The van der Waals surface area contributed by atoms with Gasteiger partial charge in [0.25, 0.3) is 0 Å². The highest BCUT2D eigenvalue weighted by Gasteiger charge is 2.24. The molecule has 2 unspecified atom stereocenters. The van der Waals surface area contributed by atoms with Crippen LogP contribution >= 0.6 is 22.6 Å². The van der Waals surface area contributed by atoms with Gasteiger partial charge in [-0.2, -0.15) is 0 Å². The summed E-state index contributed by atoms with van der Waals surface area (Å²) >= 11 is 2.36. The Morgan fingerprint density at radius 3 is 1.43 bits per heavy atom. The second-order valence-corrected chi connectivity index (χ2v) is 12.0. The fraction of sp³-hybridized carbons (Fsp3) is 0.455. The predicted molar refractivity (Wildman–Crippen MR) is 164 cm³/mol. The fourth-order valence-electron chi connectivity index (χ4n) is 5.15. The molecule has 0 bridgehead atoms. The molecule has 2 fully saturated rings. The van der Waals surface area contributed by atoms with Crippen LogP contribution in [0.2, 0.25) is 0 Å². The monoisotopic (exact) mass is 658 g/mol. The van der Waals surface area contributed by atoms with E-state index >= 15 is 0 Å². The van der Waals surface area contributed by atoms with E-state index in [0.29, 0.717) is 39.6 Å². The highest BCUT2D eigenvalue weighted by molar-refractivity contribution is 14.1. The van der Waals surface area contributed by atoms with Crippen molar-refractivity contribution in [3.05, 3.63) is 91.0 Å². The number of ether oxygens (including phenoxy) is 6. The molecule has 2 saturated heterocycles. The van der Waals surface area contributed by atoms with Gasteiger partial charge in [-0.1, -0.05) is 36.4 Å². The summed E-state index contributed by atoms with van der Waals surface area (Å²) in [5.41, 5.74) is 8.25. The number of halogens is 1. The van der Waals surface area contributed by atoms with Crippen molar-refractivity contribution < 1.29 is 28.4 Å². The lowest BCUT2D eigenvalue weighted by Crippen LogP contribution is -2.12. The Kier molecular flexibility index (Phi) is 10.0. The maximum atomic E-state index is 6.16. The van der Waals surface area contributed by atoms with Crippen molar-refractivity contribution in [2.45, 2.75) is 45.8 Å². The van der Waals surface area contributed by atoms with Gasteiger partial charge in [-0.25, -0.2) is 0 Å². The first-order chi connectivity index (χ1) is 19.4. The number of hydrogen-bond donors (Lipinski definition) is 0. The third-order valence-electron chi connectivity index (χ3n) is 7.20. The summed E-state index contributed by atoms with van der Waals surface area (Å²) < 4.78 is 35.2. The molecule has 40 heavy (non-hydrogen) atoms. The lowest BCUT2D eigenvalue weighted by molar-refractivity contribution is 0.0874. The molecule has 0 spiro atoms. The van der Waals surface area contributed by atoms with Crippen molar-refractivity contribution in [3.63, 3.8) is 0 Å². The summed E-state index contributed by atoms with van der Waals surface area (Å²) in [7, 11) is 0. The first-order valence-corrected chi connectivity index (χ1v) is 15.1. The fourth-order valence-corrected chi connectivity index (χ4v) is 5.51. The molecule has 3 aromatic carbocycles. The van der Waals surface area contributed by atoms with E-state index in [9.17, 15) is 0 Å². The van der Waals surface area contributed by atoms with E-state index in [0.717, 1.165) is 47.0 Å². The third-order valence-corrected chi connectivity index (χ3v) is 7.91. The van der Waals surface area contributed by atoms with Crippen molar-refractivity contribution in [3.8, 4) is 11.5 Å². The highest BCUT2D eigenvalue weighted by atomic mass is 127. The van der Waals surface area contributed by atoms with Gasteiger partial charge in [-0.3, -0.25) is 0 Å². The molecule has 6 nitrogen and oxygen atoms in total. The van der Waals surface area contributed by atoms with Crippen molar-refractivity contribution >= 4 is 22.6 Å². The molecule has 2 heterocycles. The predicted octanol–water partition coefficient (Wildman–Crippen LogP) is 6.29. The molecule has 2 aliphatic rings. The van der Waals surface area contributed by atoms with Crippen LogP contribution in [-0.2, 0) is 18.9 Å². The number of rotatable bonds is 15. The molecule has 214 valence electrons. The summed E-state index contributed by atoms with van der Waals surface area (Å²) in [5, 5.41) is 0. The van der Waals surface area contributed by atoms with Crippen LogP contribution in [-0.4, -0.2) is 65.1 Å². The Morgan fingerprint density at radius 1 is 0.650 bits per heavy atom. The Hall–Kier alpha value is -2.17. The minimum Gasteiger partial charge on any atom is -0.491 e. The molecular formula is C33H39IO6. The van der Waals surface area contributed by atoms with Gasteiger partial charge in [0.05, 0.1) is 39.6 Å². The molecule has 7 heteroatoms. The molecule has 0 aliphatic carbocycles. The van der Waals surface area contributed by atoms with E-state index in [4.69, 9.17) is 28.4 Å². The number of benzene rings is 3. The molecule has 0 aromatic heterocycles. The molecule has 0 amide bonds. The summed E-state index contributed by atoms with van der Waals surface area (Å²) in [4.78, 5) is 0. The first-order valence-electron chi connectivity index (χ1n) is 14.0. The molecule has 3 aromatic rings. The largest absolute Gasteiger partial charge is 0.491 e. The van der Waals surface area contributed by atoms with E-state index in [1.54, 1.807) is 0 Å². The smallest absolute Gasteiger partial charge is 0.125 e. The zero-order valence-corrected chi connectivity index (χ0v) is 26.0. The van der Waals surface area contributed by atoms with E-state index in [1.807, 2.05) is 0 Å². The van der Waals surface area contributed by atoms with Crippen LogP contribution in [0.5, 0.6) is 11.5 Å². The van der Waals surface area contributed by atoms with Gasteiger partial charge in [-0.15, -0.1) is 0 Å². The molecule has 0 saturated carbocycles. The van der Waals surface area contributed by atoms with Gasteiger partial charge in [0.1, 0.15) is 36.9 Å². The van der Waals surface area contributed by atoms with Crippen molar-refractivity contribution in [2.24, 2.45) is 0 Å². The Morgan fingerprint density at radius 2 is 1.05 bits per heavy atom. The first kappa shape index (κ1) is 29.3. The lowest BCUT2D eigenvalue weighted by atomic mass is 9.82. The minimum absolute atomic E-state index is 0.0821. The molecule has 0 radical (unpaired) electrons. The Bertz CT molecular complexity index is 1160. The number of aryl methyl sites for hydroxylation is 4. The van der Waals surface area contributed by atoms with Gasteiger partial charge >= 0.3 is 0 Å². The maximum absolute atomic E-state index is 6.16. The van der Waals surface area contributed by atoms with E-state index in [-0.39, 0.29) is 18.1 Å². The van der Waals surface area contributed by atoms with Crippen molar-refractivity contribution in [1.82, 2.24) is 0 Å². The van der Waals surface area contributed by atoms with Gasteiger partial charge in [0.2, 0.25) is 0 Å². The van der Waals surface area contributed by atoms with E-state index < -0.39 is 0 Å². The van der Waals surface area contributed by atoms with Gasteiger partial charge in [0, 0.05) is 9.49 Å². The van der Waals surface area contributed by atoms with Crippen LogP contribution in [0.3, 0.4) is 0 Å². The second-order valence-electron chi connectivity index (χ2n) is 10.7. The van der Waals surface area contributed by atoms with Crippen LogP contribution in [0.25, 0.3) is 0 Å². The van der Waals surface area contributed by atoms with Crippen LogP contribution in [0, 0.1) is 31.3 Å². The van der Waals surface area contributed by atoms with Crippen LogP contribution < -0.4 is 9.47 Å². The second kappa shape index (κ2) is 13.7. The normalized spacial score (nSPS) is 18.4. The zero-order valence-electron chi connectivity index (χ0n) is 23.8. The Balaban J connectivity index is 1.35. The summed E-state index contributed by atoms with van der Waals surface area (Å²) in [6.45, 7) is 13.6. The van der Waals surface area contributed by atoms with Crippen molar-refractivity contribution in [1.29, 1.82) is 0 Å². The highest BCUT2D eigenvalue weighted by Crippen LogP contribution is 2.38. The number of epoxide rings is 2. The molecule has 2 aliphatic heterocycles. The number of hydrogen-bond acceptors (Lipinski definition) is 6. The SMILES string of the molecule is Cc1cc(C(c2ccc(I)cc2)c2cc(C)c(OCCOCC3CO3)c(C)c2)cc(C)c1OCCOCC1CO1. The average Bonchev–Trinajstić information content (AvgIpc) is 3.84. The standard InChI is InChI=1S/C33H39IO6/c1-21-13-26(14-22(2)32(21)37-11-9-35-17-29-19-39-29)31(25-5-7-28(34)8-6-25)27-15-23(3)33(24(4)16-27)38-12-10-36-18-30-20-40-30/h5-8,13-16,29-31H,9-12,17-20H2,1-4H3. The minimum atomic E-state index is 0.0821. The average molecular weight is 659 g/mol. The van der Waals surface area contributed by atoms with Gasteiger partial charge in [-0.05, 0) is 101 Å². The third kappa shape index (κ3) is 7.97. The molecule has 0 N–H and O–H groups in total. The van der Waals surface area contributed by atoms with Crippen molar-refractivity contribution in [2.75, 3.05) is 52.9 Å². The zero-order chi connectivity index (χ0) is 28.1. The lowest BCUT2D eigenvalue weighted by Gasteiger charge is -2.24. The van der Waals surface area contributed by atoms with Gasteiger partial charge < -0.3 is 28.4 Å². The summed E-state index contributed by atoms with van der Waals surface area (Å²) in [6, 6.07) is 17.9. The topological polar surface area (TPSA) is 62.0 Å². The van der Waals surface area contributed by atoms with E-state index in [1.165, 1.54) is 20.3 Å². The maximum Gasteiger partial charge on any atom is 0.125 e. The van der Waals surface area contributed by atoms with Gasteiger partial charge in [0.15, 0.2) is 0 Å².